The van der Waals surface area contributed by atoms with Crippen molar-refractivity contribution in [2.45, 2.75) is 31.7 Å². The summed E-state index contributed by atoms with van der Waals surface area (Å²) in [6.07, 6.45) is 9.21. The zero-order valence-electron chi connectivity index (χ0n) is 13.5. The Morgan fingerprint density at radius 2 is 2.21 bits per heavy atom. The van der Waals surface area contributed by atoms with Crippen molar-refractivity contribution in [3.05, 3.63) is 42.1 Å². The van der Waals surface area contributed by atoms with Crippen molar-refractivity contribution < 1.29 is 4.39 Å². The van der Waals surface area contributed by atoms with Crippen LogP contribution in [-0.4, -0.2) is 28.8 Å². The van der Waals surface area contributed by atoms with Gasteiger partial charge in [-0.1, -0.05) is 6.07 Å². The second-order valence-corrected chi connectivity index (χ2v) is 6.19. The third-order valence-electron chi connectivity index (χ3n) is 4.45. The predicted molar refractivity (Wildman–Crippen MR) is 95.0 cm³/mol. The first kappa shape index (κ1) is 16.5. The van der Waals surface area contributed by atoms with Crippen LogP contribution in [0.2, 0.25) is 0 Å². The minimum atomic E-state index is -0.378. The fourth-order valence-electron chi connectivity index (χ4n) is 2.99. The van der Waals surface area contributed by atoms with Crippen LogP contribution in [-0.2, 0) is 0 Å². The van der Waals surface area contributed by atoms with Crippen molar-refractivity contribution >= 4 is 22.8 Å². The van der Waals surface area contributed by atoms with Crippen molar-refractivity contribution in [2.24, 2.45) is 22.4 Å². The van der Waals surface area contributed by atoms with Crippen LogP contribution in [0, 0.1) is 11.7 Å². The van der Waals surface area contributed by atoms with E-state index in [0.717, 1.165) is 31.7 Å². The molecule has 4 N–H and O–H groups in total. The highest BCUT2D eigenvalue weighted by Gasteiger charge is 2.27. The number of aromatic nitrogens is 2. The van der Waals surface area contributed by atoms with Gasteiger partial charge in [-0.3, -0.25) is 4.99 Å². The monoisotopic (exact) mass is 327 g/mol. The lowest BCUT2D eigenvalue weighted by molar-refractivity contribution is 0.249. The number of allylic oxidation sites excluding steroid dienone is 1. The van der Waals surface area contributed by atoms with E-state index in [-0.39, 0.29) is 11.3 Å². The van der Waals surface area contributed by atoms with E-state index in [1.165, 1.54) is 24.9 Å². The predicted octanol–water partition coefficient (Wildman–Crippen LogP) is 2.66. The molecular formula is C18H22FN5. The third-order valence-corrected chi connectivity index (χ3v) is 4.45. The number of benzene rings is 1. The molecule has 1 aliphatic rings. The van der Waals surface area contributed by atoms with E-state index in [1.807, 2.05) is 0 Å². The summed E-state index contributed by atoms with van der Waals surface area (Å²) in [5, 5.41) is 0. The highest BCUT2D eigenvalue weighted by Crippen LogP contribution is 2.33. The van der Waals surface area contributed by atoms with Gasteiger partial charge < -0.3 is 11.5 Å². The van der Waals surface area contributed by atoms with Gasteiger partial charge in [-0.05, 0) is 50.3 Å². The number of aliphatic imine (C=N–C) groups is 1. The Hall–Kier alpha value is -2.34. The summed E-state index contributed by atoms with van der Waals surface area (Å²) in [6, 6.07) is 5.06. The highest BCUT2D eigenvalue weighted by molar-refractivity contribution is 6.09. The molecule has 2 aromatic rings. The first-order chi connectivity index (χ1) is 11.7. The lowest BCUT2D eigenvalue weighted by Gasteiger charge is -2.32. The lowest BCUT2D eigenvalue weighted by Crippen LogP contribution is -2.27. The van der Waals surface area contributed by atoms with E-state index < -0.39 is 0 Å². The van der Waals surface area contributed by atoms with Crippen LogP contribution < -0.4 is 11.5 Å². The molecule has 0 amide bonds. The topological polar surface area (TPSA) is 90.2 Å². The maximum Gasteiger partial charge on any atom is 0.151 e. The minimum absolute atomic E-state index is 0.260. The molecule has 0 spiro atoms. The molecule has 1 aliphatic carbocycles. The fourth-order valence-corrected chi connectivity index (χ4v) is 2.99. The van der Waals surface area contributed by atoms with E-state index >= 15 is 0 Å². The van der Waals surface area contributed by atoms with E-state index in [9.17, 15) is 4.39 Å². The number of hydrogen-bond acceptors (Lipinski definition) is 5. The maximum atomic E-state index is 13.7. The van der Waals surface area contributed by atoms with Gasteiger partial charge in [0.05, 0.1) is 23.4 Å². The number of nitrogens with zero attached hydrogens (tertiary/aromatic N) is 3. The van der Waals surface area contributed by atoms with Crippen LogP contribution >= 0.6 is 0 Å². The largest absolute Gasteiger partial charge is 0.404 e. The van der Waals surface area contributed by atoms with Crippen LogP contribution in [0.3, 0.4) is 0 Å². The second kappa shape index (κ2) is 7.49. The van der Waals surface area contributed by atoms with Gasteiger partial charge in [0.2, 0.25) is 0 Å². The maximum absolute atomic E-state index is 13.7. The van der Waals surface area contributed by atoms with Gasteiger partial charge in [0.1, 0.15) is 5.52 Å². The van der Waals surface area contributed by atoms with Gasteiger partial charge in [0.15, 0.2) is 5.82 Å². The summed E-state index contributed by atoms with van der Waals surface area (Å²) < 4.78 is 13.7. The standard InChI is InChI=1S/C18H22FN5/c19-15-4-1-5-16-18(15)23-11-17(24-16)13(9-21)10-22-14-7-12(8-14)3-2-6-20/h1,4-5,9-12,14H,2-3,6-8,20-21H2. The smallest absolute Gasteiger partial charge is 0.151 e. The molecule has 0 bridgehead atoms. The summed E-state index contributed by atoms with van der Waals surface area (Å²) in [5.41, 5.74) is 13.3. The molecule has 1 heterocycles. The van der Waals surface area contributed by atoms with Crippen LogP contribution in [0.15, 0.2) is 35.6 Å². The van der Waals surface area contributed by atoms with Crippen molar-refractivity contribution in [3.8, 4) is 0 Å². The normalized spacial score (nSPS) is 21.3. The van der Waals surface area contributed by atoms with E-state index in [1.54, 1.807) is 18.3 Å². The van der Waals surface area contributed by atoms with Crippen molar-refractivity contribution in [1.29, 1.82) is 0 Å². The Labute approximate surface area is 140 Å². The first-order valence-electron chi connectivity index (χ1n) is 8.28. The Balaban J connectivity index is 1.68. The van der Waals surface area contributed by atoms with Gasteiger partial charge in [-0.2, -0.15) is 0 Å². The molecule has 0 aliphatic heterocycles. The molecule has 0 atom stereocenters. The number of halogens is 1. The molecule has 5 nitrogen and oxygen atoms in total. The zero-order chi connectivity index (χ0) is 16.9. The number of nitrogens with two attached hydrogens (primary N) is 2. The van der Waals surface area contributed by atoms with Crippen LogP contribution in [0.4, 0.5) is 4.39 Å². The third kappa shape index (κ3) is 3.59. The quantitative estimate of drug-likeness (QED) is 0.798. The van der Waals surface area contributed by atoms with Gasteiger partial charge in [-0.25, -0.2) is 14.4 Å². The summed E-state index contributed by atoms with van der Waals surface area (Å²) in [4.78, 5) is 13.2. The summed E-state index contributed by atoms with van der Waals surface area (Å²) in [6.45, 7) is 0.756. The molecule has 0 radical (unpaired) electrons. The number of rotatable bonds is 6. The molecule has 0 unspecified atom stereocenters. The van der Waals surface area contributed by atoms with Gasteiger partial charge in [0.25, 0.3) is 0 Å². The van der Waals surface area contributed by atoms with Crippen molar-refractivity contribution in [1.82, 2.24) is 9.97 Å². The Morgan fingerprint density at radius 3 is 2.96 bits per heavy atom. The summed E-state index contributed by atoms with van der Waals surface area (Å²) >= 11 is 0. The fraction of sp³-hybridized carbons (Fsp3) is 0.389. The molecule has 1 aromatic carbocycles. The molecule has 1 saturated carbocycles. The zero-order valence-corrected chi connectivity index (χ0v) is 13.5. The van der Waals surface area contributed by atoms with E-state index in [4.69, 9.17) is 11.5 Å². The second-order valence-electron chi connectivity index (χ2n) is 6.19. The van der Waals surface area contributed by atoms with E-state index in [0.29, 0.717) is 22.8 Å². The average molecular weight is 327 g/mol. The Kier molecular flexibility index (Phi) is 5.15. The van der Waals surface area contributed by atoms with Crippen molar-refractivity contribution in [2.75, 3.05) is 6.54 Å². The number of hydrogen-bond donors (Lipinski definition) is 2. The van der Waals surface area contributed by atoms with Crippen molar-refractivity contribution in [3.63, 3.8) is 0 Å². The van der Waals surface area contributed by atoms with Crippen LogP contribution in [0.5, 0.6) is 0 Å². The average Bonchev–Trinajstić information content (AvgIpc) is 2.56. The summed E-state index contributed by atoms with van der Waals surface area (Å²) in [7, 11) is 0. The van der Waals surface area contributed by atoms with Gasteiger partial charge in [0, 0.05) is 18.0 Å². The molecule has 1 aromatic heterocycles. The summed E-state index contributed by atoms with van der Waals surface area (Å²) in [5.74, 6) is 0.362. The molecule has 6 heteroatoms. The van der Waals surface area contributed by atoms with Gasteiger partial charge in [-0.15, -0.1) is 0 Å². The minimum Gasteiger partial charge on any atom is -0.404 e. The molecule has 24 heavy (non-hydrogen) atoms. The molecule has 126 valence electrons. The molecule has 3 rings (SSSR count). The Morgan fingerprint density at radius 1 is 1.38 bits per heavy atom. The molecule has 0 saturated heterocycles. The van der Waals surface area contributed by atoms with E-state index in [2.05, 4.69) is 15.0 Å². The number of para-hydroxylation sites is 1. The lowest BCUT2D eigenvalue weighted by atomic mass is 9.78. The molecular weight excluding hydrogens is 305 g/mol. The molecule has 1 fully saturated rings. The SMILES string of the molecule is NC=C(C=NC1CC(CCCN)C1)c1cnc2c(F)cccc2n1. The van der Waals surface area contributed by atoms with Crippen LogP contribution in [0.1, 0.15) is 31.4 Å². The number of fused-ring (bicyclic) bond motifs is 1. The van der Waals surface area contributed by atoms with Crippen LogP contribution in [0.25, 0.3) is 16.6 Å². The van der Waals surface area contributed by atoms with Gasteiger partial charge >= 0.3 is 0 Å². The first-order valence-corrected chi connectivity index (χ1v) is 8.28. The highest BCUT2D eigenvalue weighted by atomic mass is 19.1. The Bertz CT molecular complexity index is 765.